The van der Waals surface area contributed by atoms with Crippen molar-refractivity contribution in [1.82, 2.24) is 9.97 Å². The smallest absolute Gasteiger partial charge is 0.260 e. The first kappa shape index (κ1) is 21.8. The second-order valence-electron chi connectivity index (χ2n) is 7.51. The molecule has 0 aliphatic rings. The molecule has 1 amide bonds. The zero-order valence-electron chi connectivity index (χ0n) is 17.5. The van der Waals surface area contributed by atoms with Crippen LogP contribution in [0.25, 0.3) is 10.2 Å². The second kappa shape index (κ2) is 9.39. The van der Waals surface area contributed by atoms with Gasteiger partial charge in [-0.05, 0) is 54.4 Å². The summed E-state index contributed by atoms with van der Waals surface area (Å²) in [5, 5.41) is 1.76. The predicted molar refractivity (Wildman–Crippen MR) is 132 cm³/mol. The van der Waals surface area contributed by atoms with E-state index < -0.39 is 0 Å². The van der Waals surface area contributed by atoms with Crippen LogP contribution in [0.4, 0.5) is 5.13 Å². The minimum atomic E-state index is -0.0853. The van der Waals surface area contributed by atoms with E-state index >= 15 is 0 Å². The third-order valence-corrected chi connectivity index (χ3v) is 6.87. The van der Waals surface area contributed by atoms with E-state index in [0.29, 0.717) is 27.5 Å². The van der Waals surface area contributed by atoms with Gasteiger partial charge in [-0.1, -0.05) is 48.9 Å². The van der Waals surface area contributed by atoms with E-state index in [9.17, 15) is 4.79 Å². The Kier molecular flexibility index (Phi) is 6.60. The van der Waals surface area contributed by atoms with Crippen LogP contribution in [0.15, 0.2) is 65.8 Å². The number of nitrogens with zero attached hydrogens (tertiary/aromatic N) is 3. The van der Waals surface area contributed by atoms with E-state index in [2.05, 4.69) is 18.8 Å². The quantitative estimate of drug-likeness (QED) is 0.286. The lowest BCUT2D eigenvalue weighted by Crippen LogP contribution is -2.30. The van der Waals surface area contributed by atoms with Crippen molar-refractivity contribution in [3.8, 4) is 0 Å². The van der Waals surface area contributed by atoms with Gasteiger partial charge in [0.1, 0.15) is 0 Å². The fourth-order valence-electron chi connectivity index (χ4n) is 3.29. The molecule has 0 saturated heterocycles. The van der Waals surface area contributed by atoms with Crippen molar-refractivity contribution in [3.63, 3.8) is 0 Å². The standard InChI is InChI=1S/C24H22ClN3OS2/c1-15(2)30-20-8-4-7-18(11-20)23(29)28(14-17-6-5-9-26-13-17)24-27-22-16(3)10-19(25)12-21(22)31-24/h4-13,15H,14H2,1-3H3. The van der Waals surface area contributed by atoms with Crippen molar-refractivity contribution in [2.75, 3.05) is 4.90 Å². The van der Waals surface area contributed by atoms with Crippen molar-refractivity contribution in [2.45, 2.75) is 37.5 Å². The Hall–Kier alpha value is -2.41. The van der Waals surface area contributed by atoms with Gasteiger partial charge in [0.2, 0.25) is 0 Å². The summed E-state index contributed by atoms with van der Waals surface area (Å²) in [5.41, 5.74) is 3.45. The number of carbonyl (C=O) groups excluding carboxylic acids is 1. The molecule has 0 spiro atoms. The first-order valence-corrected chi connectivity index (χ1v) is 12.0. The number of amides is 1. The molecule has 4 aromatic rings. The Morgan fingerprint density at radius 3 is 2.77 bits per heavy atom. The lowest BCUT2D eigenvalue weighted by atomic mass is 10.2. The van der Waals surface area contributed by atoms with Crippen LogP contribution in [-0.4, -0.2) is 21.1 Å². The Labute approximate surface area is 195 Å². The molecular weight excluding hydrogens is 446 g/mol. The fourth-order valence-corrected chi connectivity index (χ4v) is 5.60. The van der Waals surface area contributed by atoms with Crippen LogP contribution in [0.5, 0.6) is 0 Å². The number of hydrogen-bond donors (Lipinski definition) is 0. The third-order valence-electron chi connectivity index (χ3n) is 4.63. The number of carbonyl (C=O) groups is 1. The van der Waals surface area contributed by atoms with Crippen molar-refractivity contribution in [1.29, 1.82) is 0 Å². The van der Waals surface area contributed by atoms with Crippen molar-refractivity contribution >= 4 is 56.0 Å². The maximum Gasteiger partial charge on any atom is 0.260 e. The van der Waals surface area contributed by atoms with Gasteiger partial charge in [-0.2, -0.15) is 0 Å². The van der Waals surface area contributed by atoms with E-state index in [-0.39, 0.29) is 5.91 Å². The summed E-state index contributed by atoms with van der Waals surface area (Å²) in [6.45, 7) is 6.66. The molecule has 2 heterocycles. The predicted octanol–water partition coefficient (Wildman–Crippen LogP) is 7.00. The normalized spacial score (nSPS) is 11.3. The van der Waals surface area contributed by atoms with Gasteiger partial charge >= 0.3 is 0 Å². The molecule has 0 saturated carbocycles. The van der Waals surface area contributed by atoms with Crippen LogP contribution in [0.1, 0.15) is 35.3 Å². The minimum absolute atomic E-state index is 0.0853. The summed E-state index contributed by atoms with van der Waals surface area (Å²) in [6.07, 6.45) is 3.51. The Bertz CT molecular complexity index is 1220. The van der Waals surface area contributed by atoms with E-state index in [0.717, 1.165) is 26.2 Å². The van der Waals surface area contributed by atoms with E-state index in [1.807, 2.05) is 55.5 Å². The number of anilines is 1. The van der Waals surface area contributed by atoms with E-state index in [1.165, 1.54) is 11.3 Å². The summed E-state index contributed by atoms with van der Waals surface area (Å²) < 4.78 is 0.966. The van der Waals surface area contributed by atoms with Gasteiger partial charge in [-0.3, -0.25) is 14.7 Å². The number of hydrogen-bond acceptors (Lipinski definition) is 5. The van der Waals surface area contributed by atoms with Crippen molar-refractivity contribution in [3.05, 3.63) is 82.6 Å². The monoisotopic (exact) mass is 467 g/mol. The van der Waals surface area contributed by atoms with Crippen LogP contribution in [0.3, 0.4) is 0 Å². The van der Waals surface area contributed by atoms with Crippen LogP contribution in [0, 0.1) is 6.92 Å². The highest BCUT2D eigenvalue weighted by atomic mass is 35.5. The molecule has 31 heavy (non-hydrogen) atoms. The van der Waals surface area contributed by atoms with Crippen LogP contribution >= 0.6 is 34.7 Å². The maximum atomic E-state index is 13.7. The molecule has 0 aliphatic heterocycles. The van der Waals surface area contributed by atoms with Gasteiger partial charge in [-0.15, -0.1) is 11.8 Å². The number of benzene rings is 2. The molecule has 0 N–H and O–H groups in total. The summed E-state index contributed by atoms with van der Waals surface area (Å²) >= 11 is 9.46. The number of halogens is 1. The molecular formula is C24H22ClN3OS2. The number of thioether (sulfide) groups is 1. The number of fused-ring (bicyclic) bond motifs is 1. The molecule has 0 bridgehead atoms. The molecule has 7 heteroatoms. The molecule has 158 valence electrons. The van der Waals surface area contributed by atoms with Gasteiger partial charge in [-0.25, -0.2) is 4.98 Å². The highest BCUT2D eigenvalue weighted by Crippen LogP contribution is 2.34. The number of thiazole rings is 1. The molecule has 0 radical (unpaired) electrons. The lowest BCUT2D eigenvalue weighted by Gasteiger charge is -2.20. The number of rotatable bonds is 6. The fraction of sp³-hybridized carbons (Fsp3) is 0.208. The molecule has 2 aromatic heterocycles. The third kappa shape index (κ3) is 5.09. The average molecular weight is 468 g/mol. The van der Waals surface area contributed by atoms with Crippen molar-refractivity contribution < 1.29 is 4.79 Å². The number of aromatic nitrogens is 2. The Balaban J connectivity index is 1.76. The average Bonchev–Trinajstić information content (AvgIpc) is 3.16. The van der Waals surface area contributed by atoms with Crippen molar-refractivity contribution in [2.24, 2.45) is 0 Å². The zero-order chi connectivity index (χ0) is 22.0. The van der Waals surface area contributed by atoms with Gasteiger partial charge < -0.3 is 0 Å². The molecule has 4 nitrogen and oxygen atoms in total. The first-order chi connectivity index (χ1) is 14.9. The molecule has 0 unspecified atom stereocenters. The highest BCUT2D eigenvalue weighted by molar-refractivity contribution is 7.99. The SMILES string of the molecule is Cc1cc(Cl)cc2sc(N(Cc3cccnc3)C(=O)c3cccc(SC(C)C)c3)nc12. The topological polar surface area (TPSA) is 46.1 Å². The lowest BCUT2D eigenvalue weighted by molar-refractivity contribution is 0.0985. The molecule has 0 atom stereocenters. The molecule has 2 aromatic carbocycles. The van der Waals surface area contributed by atoms with Gasteiger partial charge in [0.05, 0.1) is 16.8 Å². The van der Waals surface area contributed by atoms with Gasteiger partial charge in [0.25, 0.3) is 5.91 Å². The summed E-state index contributed by atoms with van der Waals surface area (Å²) in [7, 11) is 0. The summed E-state index contributed by atoms with van der Waals surface area (Å²) in [6, 6.07) is 15.4. The highest BCUT2D eigenvalue weighted by Gasteiger charge is 2.23. The molecule has 0 fully saturated rings. The number of aryl methyl sites for hydroxylation is 1. The minimum Gasteiger partial charge on any atom is -0.279 e. The van der Waals surface area contributed by atoms with Crippen LogP contribution in [0.2, 0.25) is 5.02 Å². The Morgan fingerprint density at radius 1 is 1.19 bits per heavy atom. The van der Waals surface area contributed by atoms with Crippen LogP contribution < -0.4 is 4.90 Å². The largest absolute Gasteiger partial charge is 0.279 e. The van der Waals surface area contributed by atoms with Gasteiger partial charge in [0.15, 0.2) is 5.13 Å². The first-order valence-electron chi connectivity index (χ1n) is 9.95. The van der Waals surface area contributed by atoms with E-state index in [1.54, 1.807) is 29.1 Å². The summed E-state index contributed by atoms with van der Waals surface area (Å²) in [4.78, 5) is 25.5. The number of pyridine rings is 1. The summed E-state index contributed by atoms with van der Waals surface area (Å²) in [5.74, 6) is -0.0853. The molecule has 0 aliphatic carbocycles. The Morgan fingerprint density at radius 2 is 2.03 bits per heavy atom. The molecule has 4 rings (SSSR count). The second-order valence-corrected chi connectivity index (χ2v) is 10.6. The van der Waals surface area contributed by atoms with Gasteiger partial charge in [0, 0.05) is 33.1 Å². The zero-order valence-corrected chi connectivity index (χ0v) is 19.9. The van der Waals surface area contributed by atoms with E-state index in [4.69, 9.17) is 16.6 Å². The van der Waals surface area contributed by atoms with Crippen LogP contribution in [-0.2, 0) is 6.54 Å². The maximum absolute atomic E-state index is 13.7.